The Labute approximate surface area is 87.7 Å². The van der Waals surface area contributed by atoms with Crippen LogP contribution in [0.25, 0.3) is 0 Å². The van der Waals surface area contributed by atoms with Crippen LogP contribution in [0.1, 0.15) is 11.1 Å². The molecule has 0 atom stereocenters. The van der Waals surface area contributed by atoms with Gasteiger partial charge in [0.1, 0.15) is 6.07 Å². The first-order chi connectivity index (χ1) is 5.15. The van der Waals surface area contributed by atoms with Crippen LogP contribution >= 0.6 is 38.5 Å². The lowest BCUT2D eigenvalue weighted by atomic mass is 10.2. The Morgan fingerprint density at radius 2 is 2.18 bits per heavy atom. The first kappa shape index (κ1) is 9.01. The van der Waals surface area contributed by atoms with Crippen LogP contribution in [0.5, 0.6) is 0 Å². The van der Waals surface area contributed by atoms with Gasteiger partial charge in [-0.1, -0.05) is 0 Å². The maximum atomic E-state index is 8.65. The molecule has 11 heavy (non-hydrogen) atoms. The number of benzene rings is 1. The van der Waals surface area contributed by atoms with E-state index in [-0.39, 0.29) is 0 Å². The van der Waals surface area contributed by atoms with Crippen molar-refractivity contribution < 1.29 is 0 Å². The van der Waals surface area contributed by atoms with Crippen molar-refractivity contribution in [3.05, 3.63) is 31.3 Å². The Morgan fingerprint density at radius 3 is 2.73 bits per heavy atom. The molecule has 1 aromatic rings. The molecule has 0 aliphatic heterocycles. The molecule has 0 radical (unpaired) electrons. The highest BCUT2D eigenvalue weighted by atomic mass is 127. The van der Waals surface area contributed by atoms with Gasteiger partial charge in [-0.2, -0.15) is 5.26 Å². The molecule has 0 fully saturated rings. The summed E-state index contributed by atoms with van der Waals surface area (Å²) in [4.78, 5) is 0. The number of nitrogens with zero attached hydrogens (tertiary/aromatic N) is 1. The van der Waals surface area contributed by atoms with Crippen LogP contribution in [0.4, 0.5) is 0 Å². The predicted octanol–water partition coefficient (Wildman–Crippen LogP) is 3.23. The van der Waals surface area contributed by atoms with Crippen LogP contribution in [-0.4, -0.2) is 0 Å². The van der Waals surface area contributed by atoms with E-state index in [1.54, 1.807) is 0 Å². The number of hydrogen-bond donors (Lipinski definition) is 0. The third-order valence-electron chi connectivity index (χ3n) is 1.37. The molecule has 0 unspecified atom stereocenters. The summed E-state index contributed by atoms with van der Waals surface area (Å²) in [5, 5.41) is 8.65. The summed E-state index contributed by atoms with van der Waals surface area (Å²) in [5.41, 5.74) is 1.84. The molecule has 3 heteroatoms. The van der Waals surface area contributed by atoms with Crippen molar-refractivity contribution in [3.63, 3.8) is 0 Å². The first-order valence-corrected chi connectivity index (χ1v) is 4.88. The van der Waals surface area contributed by atoms with E-state index in [1.807, 2.05) is 19.1 Å². The van der Waals surface area contributed by atoms with Crippen molar-refractivity contribution in [2.75, 3.05) is 0 Å². The topological polar surface area (TPSA) is 23.8 Å². The summed E-state index contributed by atoms with van der Waals surface area (Å²) in [5.74, 6) is 0. The lowest BCUT2D eigenvalue weighted by Gasteiger charge is -1.99. The van der Waals surface area contributed by atoms with Crippen molar-refractivity contribution in [2.45, 2.75) is 6.92 Å². The fourth-order valence-electron chi connectivity index (χ4n) is 0.743. The first-order valence-electron chi connectivity index (χ1n) is 3.01. The predicted molar refractivity (Wildman–Crippen MR) is 56.3 cm³/mol. The molecule has 56 valence electrons. The molecule has 0 N–H and O–H groups in total. The largest absolute Gasteiger partial charge is 0.192 e. The minimum absolute atomic E-state index is 0.697. The standard InChI is InChI=1S/C8H5BrIN/c1-5-2-6(4-11)7(9)3-8(5)10/h2-3H,1H3. The van der Waals surface area contributed by atoms with Crippen molar-refractivity contribution in [2.24, 2.45) is 0 Å². The van der Waals surface area contributed by atoms with Gasteiger partial charge in [0, 0.05) is 8.04 Å². The zero-order chi connectivity index (χ0) is 8.43. The van der Waals surface area contributed by atoms with Crippen molar-refractivity contribution >= 4 is 38.5 Å². The van der Waals surface area contributed by atoms with Crippen molar-refractivity contribution in [1.82, 2.24) is 0 Å². The average molecular weight is 322 g/mol. The molecule has 0 bridgehead atoms. The molecular weight excluding hydrogens is 317 g/mol. The van der Waals surface area contributed by atoms with E-state index < -0.39 is 0 Å². The van der Waals surface area contributed by atoms with E-state index in [0.717, 1.165) is 10.0 Å². The molecule has 1 rings (SSSR count). The molecule has 0 saturated heterocycles. The monoisotopic (exact) mass is 321 g/mol. The highest BCUT2D eigenvalue weighted by molar-refractivity contribution is 14.1. The van der Waals surface area contributed by atoms with E-state index in [9.17, 15) is 0 Å². The van der Waals surface area contributed by atoms with Crippen LogP contribution in [0.2, 0.25) is 0 Å². The molecular formula is C8H5BrIN. The maximum Gasteiger partial charge on any atom is 0.100 e. The van der Waals surface area contributed by atoms with Crippen LogP contribution in [-0.2, 0) is 0 Å². The second kappa shape index (κ2) is 3.55. The molecule has 1 nitrogen and oxygen atoms in total. The van der Waals surface area contributed by atoms with Gasteiger partial charge in [0.05, 0.1) is 5.56 Å². The number of nitriles is 1. The highest BCUT2D eigenvalue weighted by Crippen LogP contribution is 2.22. The molecule has 0 aliphatic rings. The van der Waals surface area contributed by atoms with Gasteiger partial charge >= 0.3 is 0 Å². The van der Waals surface area contributed by atoms with Crippen LogP contribution in [0, 0.1) is 21.8 Å². The lowest BCUT2D eigenvalue weighted by molar-refractivity contribution is 1.37. The molecule has 0 aliphatic carbocycles. The summed E-state index contributed by atoms with van der Waals surface area (Å²) in [6.45, 7) is 2.00. The van der Waals surface area contributed by atoms with E-state index in [0.29, 0.717) is 5.56 Å². The minimum atomic E-state index is 0.697. The van der Waals surface area contributed by atoms with Crippen LogP contribution in [0.15, 0.2) is 16.6 Å². The number of halogens is 2. The minimum Gasteiger partial charge on any atom is -0.192 e. The summed E-state index contributed by atoms with van der Waals surface area (Å²) < 4.78 is 2.04. The molecule has 0 heterocycles. The highest BCUT2D eigenvalue weighted by Gasteiger charge is 2.01. The Bertz CT molecular complexity index is 328. The van der Waals surface area contributed by atoms with E-state index in [2.05, 4.69) is 44.6 Å². The Kier molecular flexibility index (Phi) is 2.90. The van der Waals surface area contributed by atoms with E-state index >= 15 is 0 Å². The summed E-state index contributed by atoms with van der Waals surface area (Å²) in [6.07, 6.45) is 0. The van der Waals surface area contributed by atoms with E-state index in [1.165, 1.54) is 3.57 Å². The maximum absolute atomic E-state index is 8.65. The van der Waals surface area contributed by atoms with Crippen molar-refractivity contribution in [3.8, 4) is 6.07 Å². The SMILES string of the molecule is Cc1cc(C#N)c(Br)cc1I. The van der Waals surface area contributed by atoms with Gasteiger partial charge in [-0.05, 0) is 63.1 Å². The summed E-state index contributed by atoms with van der Waals surface area (Å²) in [7, 11) is 0. The van der Waals surface area contributed by atoms with Crippen molar-refractivity contribution in [1.29, 1.82) is 5.26 Å². The van der Waals surface area contributed by atoms with Gasteiger partial charge in [0.15, 0.2) is 0 Å². The van der Waals surface area contributed by atoms with E-state index in [4.69, 9.17) is 5.26 Å². The molecule has 0 spiro atoms. The number of aryl methyl sites for hydroxylation is 1. The smallest absolute Gasteiger partial charge is 0.100 e. The average Bonchev–Trinajstić information content (AvgIpc) is 1.97. The fourth-order valence-corrected chi connectivity index (χ4v) is 2.07. The third-order valence-corrected chi connectivity index (χ3v) is 3.19. The zero-order valence-electron chi connectivity index (χ0n) is 5.86. The summed E-state index contributed by atoms with van der Waals surface area (Å²) in [6, 6.07) is 5.95. The van der Waals surface area contributed by atoms with Gasteiger partial charge in [0.2, 0.25) is 0 Å². The lowest BCUT2D eigenvalue weighted by Crippen LogP contribution is -1.84. The second-order valence-electron chi connectivity index (χ2n) is 2.19. The number of rotatable bonds is 0. The molecule has 0 amide bonds. The molecule has 0 aromatic heterocycles. The van der Waals surface area contributed by atoms with Gasteiger partial charge in [-0.3, -0.25) is 0 Å². The molecule has 1 aromatic carbocycles. The number of hydrogen-bond acceptors (Lipinski definition) is 1. The Hall–Kier alpha value is -0.0800. The van der Waals surface area contributed by atoms with Gasteiger partial charge in [-0.25, -0.2) is 0 Å². The van der Waals surface area contributed by atoms with Crippen LogP contribution < -0.4 is 0 Å². The normalized spacial score (nSPS) is 9.27. The third kappa shape index (κ3) is 1.94. The Morgan fingerprint density at radius 1 is 1.55 bits per heavy atom. The summed E-state index contributed by atoms with van der Waals surface area (Å²) >= 11 is 5.56. The zero-order valence-corrected chi connectivity index (χ0v) is 9.60. The van der Waals surface area contributed by atoms with Crippen LogP contribution in [0.3, 0.4) is 0 Å². The van der Waals surface area contributed by atoms with Gasteiger partial charge < -0.3 is 0 Å². The van der Waals surface area contributed by atoms with Gasteiger partial charge in [0.25, 0.3) is 0 Å². The quantitative estimate of drug-likeness (QED) is 0.673. The fraction of sp³-hybridized carbons (Fsp3) is 0.125. The Balaban J connectivity index is 3.35. The second-order valence-corrected chi connectivity index (χ2v) is 4.21. The molecule has 0 saturated carbocycles. The van der Waals surface area contributed by atoms with Gasteiger partial charge in [-0.15, -0.1) is 0 Å².